The van der Waals surface area contributed by atoms with Crippen molar-refractivity contribution in [3.63, 3.8) is 0 Å². The van der Waals surface area contributed by atoms with Gasteiger partial charge in [0.25, 0.3) is 0 Å². The number of thioether (sulfide) groups is 1. The van der Waals surface area contributed by atoms with E-state index in [1.165, 1.54) is 11.8 Å². The molecule has 3 aromatic carbocycles. The molecule has 0 saturated heterocycles. The molecule has 4 aromatic rings. The van der Waals surface area contributed by atoms with E-state index in [-0.39, 0.29) is 11.7 Å². The quantitative estimate of drug-likeness (QED) is 0.273. The molecule has 9 heteroatoms. The zero-order chi connectivity index (χ0) is 23.9. The summed E-state index contributed by atoms with van der Waals surface area (Å²) in [6.45, 7) is 2.32. The van der Waals surface area contributed by atoms with E-state index in [4.69, 9.17) is 27.9 Å². The summed E-state index contributed by atoms with van der Waals surface area (Å²) in [5.41, 5.74) is 1.85. The molecule has 0 radical (unpaired) electrons. The second kappa shape index (κ2) is 11.4. The Morgan fingerprint density at radius 2 is 1.71 bits per heavy atom. The Hall–Kier alpha value is -3.00. The van der Waals surface area contributed by atoms with Crippen molar-refractivity contribution < 1.29 is 9.53 Å². The summed E-state index contributed by atoms with van der Waals surface area (Å²) >= 11 is 13.5. The van der Waals surface area contributed by atoms with E-state index in [2.05, 4.69) is 15.5 Å². The molecule has 0 aliphatic carbocycles. The molecule has 34 heavy (non-hydrogen) atoms. The summed E-state index contributed by atoms with van der Waals surface area (Å²) in [5.74, 6) is 1.26. The Morgan fingerprint density at radius 3 is 2.44 bits per heavy atom. The van der Waals surface area contributed by atoms with Gasteiger partial charge in [-0.1, -0.05) is 77.4 Å². The molecule has 0 aliphatic heterocycles. The lowest BCUT2D eigenvalue weighted by atomic mass is 10.2. The predicted molar refractivity (Wildman–Crippen MR) is 136 cm³/mol. The first-order chi connectivity index (χ1) is 16.5. The van der Waals surface area contributed by atoms with Crippen molar-refractivity contribution in [2.75, 3.05) is 5.75 Å². The van der Waals surface area contributed by atoms with Crippen LogP contribution >= 0.6 is 35.0 Å². The second-order valence-electron chi connectivity index (χ2n) is 7.39. The SMILES string of the molecule is CC(Oc1ccccc1Cl)c1nnc(SCC(=O)NCc2ccc(Cl)cc2)n1-c1ccccc1. The molecule has 0 saturated carbocycles. The fourth-order valence-electron chi connectivity index (χ4n) is 3.23. The zero-order valence-corrected chi connectivity index (χ0v) is 20.6. The Balaban J connectivity index is 1.48. The van der Waals surface area contributed by atoms with E-state index >= 15 is 0 Å². The van der Waals surface area contributed by atoms with Crippen LogP contribution in [-0.2, 0) is 11.3 Å². The summed E-state index contributed by atoms with van der Waals surface area (Å²) in [6, 6.07) is 24.4. The normalized spacial score (nSPS) is 11.7. The van der Waals surface area contributed by atoms with Gasteiger partial charge in [-0.2, -0.15) is 0 Å². The third-order valence-electron chi connectivity index (χ3n) is 4.91. The molecule has 6 nitrogen and oxygen atoms in total. The minimum atomic E-state index is -0.430. The van der Waals surface area contributed by atoms with Gasteiger partial charge >= 0.3 is 0 Å². The van der Waals surface area contributed by atoms with Crippen molar-refractivity contribution in [1.29, 1.82) is 0 Å². The monoisotopic (exact) mass is 512 g/mol. The van der Waals surface area contributed by atoms with Crippen molar-refractivity contribution in [3.05, 3.63) is 100 Å². The Morgan fingerprint density at radius 1 is 1.00 bits per heavy atom. The molecule has 1 N–H and O–H groups in total. The summed E-state index contributed by atoms with van der Waals surface area (Å²) in [6.07, 6.45) is -0.430. The van der Waals surface area contributed by atoms with Gasteiger partial charge in [0.05, 0.1) is 10.8 Å². The summed E-state index contributed by atoms with van der Waals surface area (Å²) in [5, 5.41) is 13.4. The number of halogens is 2. The van der Waals surface area contributed by atoms with Crippen LogP contribution in [0, 0.1) is 0 Å². The maximum Gasteiger partial charge on any atom is 0.230 e. The number of hydrogen-bond acceptors (Lipinski definition) is 5. The highest BCUT2D eigenvalue weighted by atomic mass is 35.5. The van der Waals surface area contributed by atoms with Gasteiger partial charge in [-0.15, -0.1) is 10.2 Å². The van der Waals surface area contributed by atoms with Gasteiger partial charge in [0, 0.05) is 17.3 Å². The molecular weight excluding hydrogens is 491 g/mol. The van der Waals surface area contributed by atoms with E-state index in [1.54, 1.807) is 18.2 Å². The second-order valence-corrected chi connectivity index (χ2v) is 9.18. The molecule has 1 atom stereocenters. The highest BCUT2D eigenvalue weighted by molar-refractivity contribution is 7.99. The van der Waals surface area contributed by atoms with Crippen molar-refractivity contribution in [2.45, 2.75) is 24.7 Å². The molecule has 1 unspecified atom stereocenters. The average Bonchev–Trinajstić information content (AvgIpc) is 3.28. The number of carbonyl (C=O) groups excluding carboxylic acids is 1. The Bertz CT molecular complexity index is 1250. The van der Waals surface area contributed by atoms with Gasteiger partial charge in [-0.3, -0.25) is 9.36 Å². The van der Waals surface area contributed by atoms with Crippen LogP contribution in [0.3, 0.4) is 0 Å². The average molecular weight is 513 g/mol. The number of hydrogen-bond donors (Lipinski definition) is 1. The smallest absolute Gasteiger partial charge is 0.230 e. The molecular formula is C25H22Cl2N4O2S. The van der Waals surface area contributed by atoms with Crippen molar-refractivity contribution in [1.82, 2.24) is 20.1 Å². The topological polar surface area (TPSA) is 69.0 Å². The molecule has 0 bridgehead atoms. The summed E-state index contributed by atoms with van der Waals surface area (Å²) < 4.78 is 7.98. The number of rotatable bonds is 9. The van der Waals surface area contributed by atoms with Gasteiger partial charge in [0.1, 0.15) is 5.75 Å². The maximum atomic E-state index is 12.5. The standard InChI is InChI=1S/C25H22Cl2N4O2S/c1-17(33-22-10-6-5-9-21(22)27)24-29-30-25(31(24)20-7-3-2-4-8-20)34-16-23(32)28-15-18-11-13-19(26)14-12-18/h2-14,17H,15-16H2,1H3,(H,28,32). The number of aromatic nitrogens is 3. The van der Waals surface area contributed by atoms with Crippen molar-refractivity contribution in [2.24, 2.45) is 0 Å². The number of carbonyl (C=O) groups is 1. The van der Waals surface area contributed by atoms with Crippen LogP contribution in [0.4, 0.5) is 0 Å². The molecule has 1 heterocycles. The molecule has 0 fully saturated rings. The van der Waals surface area contributed by atoms with Gasteiger partial charge in [-0.05, 0) is 48.9 Å². The first kappa shape index (κ1) is 24.1. The number of nitrogens with one attached hydrogen (secondary N) is 1. The zero-order valence-electron chi connectivity index (χ0n) is 18.3. The number of amides is 1. The fourth-order valence-corrected chi connectivity index (χ4v) is 4.32. The summed E-state index contributed by atoms with van der Waals surface area (Å²) in [4.78, 5) is 12.5. The molecule has 0 aliphatic rings. The van der Waals surface area contributed by atoms with Crippen LogP contribution < -0.4 is 10.1 Å². The largest absolute Gasteiger partial charge is 0.481 e. The molecule has 1 aromatic heterocycles. The van der Waals surface area contributed by atoms with Crippen LogP contribution in [0.15, 0.2) is 84.0 Å². The van der Waals surface area contributed by atoms with Crippen LogP contribution in [0.25, 0.3) is 5.69 Å². The predicted octanol–water partition coefficient (Wildman–Crippen LogP) is 6.12. The number of benzene rings is 3. The fraction of sp³-hybridized carbons (Fsp3) is 0.160. The minimum Gasteiger partial charge on any atom is -0.481 e. The lowest BCUT2D eigenvalue weighted by Gasteiger charge is -2.17. The number of para-hydroxylation sites is 2. The van der Waals surface area contributed by atoms with Crippen LogP contribution in [-0.4, -0.2) is 26.4 Å². The van der Waals surface area contributed by atoms with E-state index in [9.17, 15) is 4.79 Å². The molecule has 0 spiro atoms. The third kappa shape index (κ3) is 6.11. The van der Waals surface area contributed by atoms with Gasteiger partial charge in [0.2, 0.25) is 5.91 Å². The lowest BCUT2D eigenvalue weighted by Crippen LogP contribution is -2.24. The van der Waals surface area contributed by atoms with Gasteiger partial charge in [-0.25, -0.2) is 0 Å². The van der Waals surface area contributed by atoms with Gasteiger partial charge in [0.15, 0.2) is 17.1 Å². The highest BCUT2D eigenvalue weighted by Gasteiger charge is 2.22. The molecule has 4 rings (SSSR count). The van der Waals surface area contributed by atoms with Crippen molar-refractivity contribution in [3.8, 4) is 11.4 Å². The summed E-state index contributed by atoms with van der Waals surface area (Å²) in [7, 11) is 0. The van der Waals surface area contributed by atoms with Crippen LogP contribution in [0.5, 0.6) is 5.75 Å². The first-order valence-electron chi connectivity index (χ1n) is 10.6. The first-order valence-corrected chi connectivity index (χ1v) is 12.3. The van der Waals surface area contributed by atoms with E-state index < -0.39 is 6.10 Å². The van der Waals surface area contributed by atoms with E-state index in [0.717, 1.165) is 11.3 Å². The molecule has 174 valence electrons. The van der Waals surface area contributed by atoms with E-state index in [1.807, 2.05) is 72.2 Å². The Kier molecular flexibility index (Phi) is 8.11. The lowest BCUT2D eigenvalue weighted by molar-refractivity contribution is -0.118. The van der Waals surface area contributed by atoms with Crippen LogP contribution in [0.2, 0.25) is 10.0 Å². The van der Waals surface area contributed by atoms with Crippen molar-refractivity contribution >= 4 is 40.9 Å². The third-order valence-corrected chi connectivity index (χ3v) is 6.41. The minimum absolute atomic E-state index is 0.107. The number of ether oxygens (including phenoxy) is 1. The van der Waals surface area contributed by atoms with E-state index in [0.29, 0.717) is 33.3 Å². The number of nitrogens with zero attached hydrogens (tertiary/aromatic N) is 3. The maximum absolute atomic E-state index is 12.5. The van der Waals surface area contributed by atoms with Crippen LogP contribution in [0.1, 0.15) is 24.4 Å². The van der Waals surface area contributed by atoms with Gasteiger partial charge < -0.3 is 10.1 Å². The highest BCUT2D eigenvalue weighted by Crippen LogP contribution is 2.31. The Labute approximate surface area is 212 Å². The molecule has 1 amide bonds.